The number of aryl methyl sites for hydroxylation is 1. The highest BCUT2D eigenvalue weighted by Crippen LogP contribution is 2.34. The molecular formula is C26H32N4O3. The van der Waals surface area contributed by atoms with Crippen LogP contribution in [0.25, 0.3) is 11.0 Å². The monoisotopic (exact) mass is 448 g/mol. The van der Waals surface area contributed by atoms with E-state index in [0.717, 1.165) is 37.1 Å². The van der Waals surface area contributed by atoms with Crippen LogP contribution in [0.4, 0.5) is 11.6 Å². The summed E-state index contributed by atoms with van der Waals surface area (Å²) in [6, 6.07) is 12.5. The van der Waals surface area contributed by atoms with Gasteiger partial charge in [0, 0.05) is 30.4 Å². The van der Waals surface area contributed by atoms with Gasteiger partial charge in [0.25, 0.3) is 5.91 Å². The summed E-state index contributed by atoms with van der Waals surface area (Å²) in [5.41, 5.74) is 5.96. The smallest absolute Gasteiger partial charge is 0.267 e. The third-order valence-corrected chi connectivity index (χ3v) is 6.56. The fourth-order valence-corrected chi connectivity index (χ4v) is 4.43. The Hall–Kier alpha value is -3.32. The third kappa shape index (κ3) is 4.73. The molecule has 0 radical (unpaired) electrons. The van der Waals surface area contributed by atoms with Gasteiger partial charge >= 0.3 is 0 Å². The molecule has 3 aromatic rings. The Balaban J connectivity index is 1.74. The van der Waals surface area contributed by atoms with Gasteiger partial charge in [-0.2, -0.15) is 0 Å². The molecule has 33 heavy (non-hydrogen) atoms. The number of carbonyl (C=O) groups excluding carboxylic acids is 1. The summed E-state index contributed by atoms with van der Waals surface area (Å²) in [4.78, 5) is 27.4. The molecule has 7 heteroatoms. The molecule has 1 saturated heterocycles. The van der Waals surface area contributed by atoms with E-state index in [1.165, 1.54) is 0 Å². The standard InChI is InChI=1S/C26H32N4O3/c1-16-13-19(17(2)28-21-8-6-5-7-18(21)25(32)29-27)24-20(14-16)22(31)15-23(33-24)30-11-9-26(3,4)10-12-30/h5-8,13-15,17,28H,9-12,27H2,1-4H3,(H,29,32)/t17-/m1/s1. The van der Waals surface area contributed by atoms with E-state index in [2.05, 4.69) is 29.5 Å². The Kier molecular flexibility index (Phi) is 6.17. The number of nitrogen functional groups attached to an aromatic ring is 1. The quantitative estimate of drug-likeness (QED) is 0.302. The Bertz CT molecular complexity index is 1240. The normalized spacial score (nSPS) is 16.5. The van der Waals surface area contributed by atoms with Crippen LogP contribution in [0.3, 0.4) is 0 Å². The van der Waals surface area contributed by atoms with Gasteiger partial charge in [0.05, 0.1) is 17.0 Å². The molecule has 0 bridgehead atoms. The van der Waals surface area contributed by atoms with Crippen LogP contribution in [-0.2, 0) is 0 Å². The van der Waals surface area contributed by atoms with Crippen LogP contribution >= 0.6 is 0 Å². The second-order valence-corrected chi connectivity index (χ2v) is 9.72. The van der Waals surface area contributed by atoms with Crippen LogP contribution in [-0.4, -0.2) is 19.0 Å². The fraction of sp³-hybridized carbons (Fsp3) is 0.385. The lowest BCUT2D eigenvalue weighted by molar-refractivity contribution is 0.0954. The first-order chi connectivity index (χ1) is 15.7. The number of fused-ring (bicyclic) bond motifs is 1. The second-order valence-electron chi connectivity index (χ2n) is 9.72. The molecule has 2 heterocycles. The van der Waals surface area contributed by atoms with Gasteiger partial charge in [0.1, 0.15) is 5.58 Å². The van der Waals surface area contributed by atoms with Crippen LogP contribution in [0.5, 0.6) is 0 Å². The Morgan fingerprint density at radius 1 is 1.15 bits per heavy atom. The molecule has 1 aliphatic heterocycles. The van der Waals surface area contributed by atoms with Crippen molar-refractivity contribution in [2.24, 2.45) is 11.3 Å². The van der Waals surface area contributed by atoms with Crippen molar-refractivity contribution in [3.63, 3.8) is 0 Å². The lowest BCUT2D eigenvalue weighted by atomic mass is 9.83. The van der Waals surface area contributed by atoms with Crippen molar-refractivity contribution in [2.45, 2.75) is 46.6 Å². The summed E-state index contributed by atoms with van der Waals surface area (Å²) in [6.45, 7) is 10.2. The molecule has 1 atom stereocenters. The summed E-state index contributed by atoms with van der Waals surface area (Å²) in [5, 5.41) is 3.96. The summed E-state index contributed by atoms with van der Waals surface area (Å²) in [6.07, 6.45) is 2.10. The van der Waals surface area contributed by atoms with E-state index in [1.54, 1.807) is 18.2 Å². The van der Waals surface area contributed by atoms with E-state index in [9.17, 15) is 9.59 Å². The van der Waals surface area contributed by atoms with E-state index >= 15 is 0 Å². The maximum Gasteiger partial charge on any atom is 0.267 e. The number of anilines is 2. The number of nitrogens with one attached hydrogen (secondary N) is 2. The maximum atomic E-state index is 13.1. The van der Waals surface area contributed by atoms with Crippen molar-refractivity contribution in [1.82, 2.24) is 5.43 Å². The number of hydrogen-bond acceptors (Lipinski definition) is 6. The number of piperidine rings is 1. The number of para-hydroxylation sites is 1. The highest BCUT2D eigenvalue weighted by Gasteiger charge is 2.27. The number of nitrogens with zero attached hydrogens (tertiary/aromatic N) is 1. The molecule has 0 aliphatic carbocycles. The van der Waals surface area contributed by atoms with Crippen LogP contribution in [0.15, 0.2) is 51.7 Å². The minimum absolute atomic E-state index is 0.0452. The van der Waals surface area contributed by atoms with Crippen molar-refractivity contribution >= 4 is 28.4 Å². The Morgan fingerprint density at radius 3 is 2.55 bits per heavy atom. The molecule has 0 unspecified atom stereocenters. The van der Waals surface area contributed by atoms with Gasteiger partial charge in [-0.15, -0.1) is 0 Å². The number of rotatable bonds is 5. The SMILES string of the molecule is Cc1cc([C@@H](C)Nc2ccccc2C(=O)NN)c2oc(N3CCC(C)(C)CC3)cc(=O)c2c1. The molecule has 7 nitrogen and oxygen atoms in total. The first-order valence-corrected chi connectivity index (χ1v) is 11.4. The van der Waals surface area contributed by atoms with Crippen molar-refractivity contribution in [3.05, 3.63) is 69.4 Å². The predicted molar refractivity (Wildman–Crippen MR) is 133 cm³/mol. The zero-order valence-electron chi connectivity index (χ0n) is 19.7. The van der Waals surface area contributed by atoms with E-state index in [1.807, 2.05) is 38.1 Å². The first kappa shape index (κ1) is 22.9. The van der Waals surface area contributed by atoms with E-state index in [4.69, 9.17) is 10.3 Å². The number of nitrogens with two attached hydrogens (primary N) is 1. The Morgan fingerprint density at radius 2 is 1.85 bits per heavy atom. The van der Waals surface area contributed by atoms with E-state index in [0.29, 0.717) is 33.5 Å². The van der Waals surface area contributed by atoms with Crippen LogP contribution in [0.2, 0.25) is 0 Å². The van der Waals surface area contributed by atoms with E-state index in [-0.39, 0.29) is 17.4 Å². The van der Waals surface area contributed by atoms with Crippen molar-refractivity contribution < 1.29 is 9.21 Å². The van der Waals surface area contributed by atoms with Gasteiger partial charge in [-0.05, 0) is 55.9 Å². The molecule has 4 N–H and O–H groups in total. The minimum atomic E-state index is -0.374. The fourth-order valence-electron chi connectivity index (χ4n) is 4.43. The molecule has 174 valence electrons. The largest absolute Gasteiger partial charge is 0.440 e. The lowest BCUT2D eigenvalue weighted by Crippen LogP contribution is -2.37. The molecule has 1 amide bonds. The average molecular weight is 449 g/mol. The van der Waals surface area contributed by atoms with Gasteiger partial charge in [-0.1, -0.05) is 32.0 Å². The number of amides is 1. The molecule has 4 rings (SSSR count). The molecule has 0 saturated carbocycles. The van der Waals surface area contributed by atoms with Crippen molar-refractivity contribution in [2.75, 3.05) is 23.3 Å². The topological polar surface area (TPSA) is 101 Å². The zero-order valence-corrected chi connectivity index (χ0v) is 19.7. The number of hydrogen-bond donors (Lipinski definition) is 3. The van der Waals surface area contributed by atoms with Gasteiger partial charge in [-0.3, -0.25) is 15.0 Å². The van der Waals surface area contributed by atoms with Crippen molar-refractivity contribution in [3.8, 4) is 0 Å². The zero-order chi connectivity index (χ0) is 23.8. The highest BCUT2D eigenvalue weighted by molar-refractivity contribution is 5.99. The maximum absolute atomic E-state index is 13.1. The summed E-state index contributed by atoms with van der Waals surface area (Å²) < 4.78 is 6.38. The van der Waals surface area contributed by atoms with Gasteiger partial charge in [0.15, 0.2) is 11.3 Å². The van der Waals surface area contributed by atoms with Crippen molar-refractivity contribution in [1.29, 1.82) is 0 Å². The van der Waals surface area contributed by atoms with Crippen LogP contribution < -0.4 is 26.9 Å². The number of hydrazine groups is 1. The molecule has 1 aliphatic rings. The predicted octanol–water partition coefficient (Wildman–Crippen LogP) is 4.50. The Labute approximate surface area is 193 Å². The summed E-state index contributed by atoms with van der Waals surface area (Å²) >= 11 is 0. The van der Waals surface area contributed by atoms with Gasteiger partial charge in [-0.25, -0.2) is 5.84 Å². The van der Waals surface area contributed by atoms with Gasteiger partial charge in [0.2, 0.25) is 0 Å². The minimum Gasteiger partial charge on any atom is -0.440 e. The third-order valence-electron chi connectivity index (χ3n) is 6.56. The van der Waals surface area contributed by atoms with Crippen LogP contribution in [0, 0.1) is 12.3 Å². The van der Waals surface area contributed by atoms with Gasteiger partial charge < -0.3 is 14.6 Å². The first-order valence-electron chi connectivity index (χ1n) is 11.4. The highest BCUT2D eigenvalue weighted by atomic mass is 16.4. The molecule has 0 spiro atoms. The average Bonchev–Trinajstić information content (AvgIpc) is 2.78. The molecular weight excluding hydrogens is 416 g/mol. The van der Waals surface area contributed by atoms with E-state index < -0.39 is 0 Å². The summed E-state index contributed by atoms with van der Waals surface area (Å²) in [7, 11) is 0. The lowest BCUT2D eigenvalue weighted by Gasteiger charge is -2.37. The number of carbonyl (C=O) groups is 1. The molecule has 1 fully saturated rings. The van der Waals surface area contributed by atoms with Crippen LogP contribution in [0.1, 0.15) is 61.1 Å². The summed E-state index contributed by atoms with van der Waals surface area (Å²) in [5.74, 6) is 5.59. The molecule has 2 aromatic carbocycles. The molecule has 1 aromatic heterocycles. The number of benzene rings is 2. The second kappa shape index (κ2) is 8.90.